The van der Waals surface area contributed by atoms with E-state index in [2.05, 4.69) is 72.8 Å². The third-order valence-electron chi connectivity index (χ3n) is 6.42. The van der Waals surface area contributed by atoms with E-state index in [-0.39, 0.29) is 4.90 Å². The Labute approximate surface area is 197 Å². The van der Waals surface area contributed by atoms with Gasteiger partial charge in [0, 0.05) is 5.39 Å². The van der Waals surface area contributed by atoms with Gasteiger partial charge >= 0.3 is 0 Å². The topological polar surface area (TPSA) is 54.4 Å². The molecule has 7 rings (SSSR count). The predicted molar refractivity (Wildman–Crippen MR) is 141 cm³/mol. The largest absolute Gasteiger partial charge is 0.295 e. The van der Waals surface area contributed by atoms with Gasteiger partial charge in [0.15, 0.2) is 0 Å². The molecule has 0 atom stereocenters. The number of hydrogen-bond donors (Lipinski definition) is 1. The second-order valence-corrected chi connectivity index (χ2v) is 9.76. The zero-order valence-corrected chi connectivity index (χ0v) is 19.0. The summed E-state index contributed by atoms with van der Waals surface area (Å²) in [5.74, 6) is 0. The summed E-state index contributed by atoms with van der Waals surface area (Å²) in [7, 11) is -4.13. The van der Waals surface area contributed by atoms with Crippen molar-refractivity contribution in [3.63, 3.8) is 0 Å². The van der Waals surface area contributed by atoms with Crippen LogP contribution in [0.1, 0.15) is 0 Å². The van der Waals surface area contributed by atoms with E-state index < -0.39 is 10.1 Å². The molecule has 0 heterocycles. The first-order chi connectivity index (χ1) is 16.5. The molecule has 0 saturated carbocycles. The minimum Gasteiger partial charge on any atom is -0.282 e. The van der Waals surface area contributed by atoms with Crippen LogP contribution >= 0.6 is 0 Å². The van der Waals surface area contributed by atoms with E-state index in [4.69, 9.17) is 4.55 Å². The van der Waals surface area contributed by atoms with Gasteiger partial charge in [-0.15, -0.1) is 0 Å². The van der Waals surface area contributed by atoms with Crippen LogP contribution in [-0.4, -0.2) is 13.0 Å². The summed E-state index contributed by atoms with van der Waals surface area (Å²) < 4.78 is 31.0. The van der Waals surface area contributed by atoms with Crippen LogP contribution < -0.4 is 0 Å². The summed E-state index contributed by atoms with van der Waals surface area (Å²) in [6.07, 6.45) is 0. The highest BCUT2D eigenvalue weighted by atomic mass is 32.2. The van der Waals surface area contributed by atoms with E-state index in [0.29, 0.717) is 5.39 Å². The fourth-order valence-electron chi connectivity index (χ4n) is 5.00. The molecule has 0 unspecified atom stereocenters. The average Bonchev–Trinajstić information content (AvgIpc) is 2.86. The molecular formula is C30H20O3S. The van der Waals surface area contributed by atoms with Gasteiger partial charge in [-0.1, -0.05) is 109 Å². The van der Waals surface area contributed by atoms with Gasteiger partial charge in [0.25, 0.3) is 10.1 Å². The van der Waals surface area contributed by atoms with Gasteiger partial charge in [-0.25, -0.2) is 0 Å². The molecule has 0 spiro atoms. The third-order valence-corrected chi connectivity index (χ3v) is 7.33. The number of hydrogen-bond acceptors (Lipinski definition) is 2. The maximum absolute atomic E-state index is 11.0. The molecule has 7 aromatic rings. The Balaban J connectivity index is 0.000000137. The van der Waals surface area contributed by atoms with Crippen molar-refractivity contribution in [3.05, 3.63) is 115 Å². The van der Waals surface area contributed by atoms with Crippen molar-refractivity contribution in [1.29, 1.82) is 0 Å². The molecule has 34 heavy (non-hydrogen) atoms. The molecule has 0 aliphatic rings. The molecule has 1 N–H and O–H groups in total. The number of rotatable bonds is 1. The van der Waals surface area contributed by atoms with Crippen molar-refractivity contribution in [2.45, 2.75) is 4.90 Å². The molecule has 7 aromatic carbocycles. The number of benzene rings is 7. The smallest absolute Gasteiger partial charge is 0.282 e. The summed E-state index contributed by atoms with van der Waals surface area (Å²) in [5, 5.41) is 12.2. The van der Waals surface area contributed by atoms with E-state index in [0.717, 1.165) is 5.39 Å². The maximum atomic E-state index is 11.0. The predicted octanol–water partition coefficient (Wildman–Crippen LogP) is 7.82. The van der Waals surface area contributed by atoms with Crippen molar-refractivity contribution >= 4 is 64.0 Å². The highest BCUT2D eigenvalue weighted by molar-refractivity contribution is 7.86. The van der Waals surface area contributed by atoms with Gasteiger partial charge < -0.3 is 0 Å². The molecular weight excluding hydrogens is 440 g/mol. The molecule has 164 valence electrons. The lowest BCUT2D eigenvalue weighted by atomic mass is 9.90. The van der Waals surface area contributed by atoms with E-state index in [1.165, 1.54) is 49.2 Å². The minimum atomic E-state index is -4.13. The average molecular weight is 461 g/mol. The van der Waals surface area contributed by atoms with Crippen molar-refractivity contribution in [2.24, 2.45) is 0 Å². The highest BCUT2D eigenvalue weighted by Gasteiger charge is 2.13. The van der Waals surface area contributed by atoms with Crippen molar-refractivity contribution in [1.82, 2.24) is 0 Å². The van der Waals surface area contributed by atoms with Crippen LogP contribution in [-0.2, 0) is 10.1 Å². The van der Waals surface area contributed by atoms with Crippen LogP contribution in [0.3, 0.4) is 0 Å². The summed E-state index contributed by atoms with van der Waals surface area (Å²) in [6.45, 7) is 0. The van der Waals surface area contributed by atoms with Gasteiger partial charge in [-0.05, 0) is 54.5 Å². The second-order valence-electron chi connectivity index (χ2n) is 8.37. The molecule has 0 saturated heterocycles. The molecule has 0 radical (unpaired) electrons. The Morgan fingerprint density at radius 1 is 0.412 bits per heavy atom. The molecule has 0 bridgehead atoms. The first-order valence-corrected chi connectivity index (χ1v) is 12.5. The van der Waals surface area contributed by atoms with Crippen LogP contribution in [0, 0.1) is 0 Å². The lowest BCUT2D eigenvalue weighted by Gasteiger charge is -2.13. The van der Waals surface area contributed by atoms with Gasteiger partial charge in [0.1, 0.15) is 4.90 Å². The lowest BCUT2D eigenvalue weighted by molar-refractivity contribution is 0.484. The van der Waals surface area contributed by atoms with Crippen molar-refractivity contribution in [2.75, 3.05) is 0 Å². The van der Waals surface area contributed by atoms with Crippen molar-refractivity contribution < 1.29 is 13.0 Å². The minimum absolute atomic E-state index is 0.0457. The SMILES string of the molecule is O=S(=O)(O)c1cccc2ccccc12.c1cc2cccc3c4cccc5cccc(c(c1)c23)c54. The summed E-state index contributed by atoms with van der Waals surface area (Å²) >= 11 is 0. The molecule has 0 aliphatic carbocycles. The first kappa shape index (κ1) is 20.6. The third kappa shape index (κ3) is 3.27. The van der Waals surface area contributed by atoms with Gasteiger partial charge in [0.2, 0.25) is 0 Å². The van der Waals surface area contributed by atoms with Gasteiger partial charge in [0.05, 0.1) is 0 Å². The number of fused-ring (bicyclic) bond motifs is 3. The Morgan fingerprint density at radius 3 is 1.24 bits per heavy atom. The molecule has 4 heteroatoms. The highest BCUT2D eigenvalue weighted by Crippen LogP contribution is 2.39. The van der Waals surface area contributed by atoms with Crippen LogP contribution in [0.5, 0.6) is 0 Å². The Morgan fingerprint density at radius 2 is 0.765 bits per heavy atom. The van der Waals surface area contributed by atoms with E-state index in [9.17, 15) is 8.42 Å². The Hall–Kier alpha value is -3.99. The molecule has 0 aromatic heterocycles. The van der Waals surface area contributed by atoms with Crippen molar-refractivity contribution in [3.8, 4) is 0 Å². The molecule has 0 aliphatic heterocycles. The van der Waals surface area contributed by atoms with E-state index in [1.807, 2.05) is 6.07 Å². The van der Waals surface area contributed by atoms with Crippen LogP contribution in [0.2, 0.25) is 0 Å². The zero-order valence-electron chi connectivity index (χ0n) is 18.1. The lowest BCUT2D eigenvalue weighted by Crippen LogP contribution is -1.98. The fraction of sp³-hybridized carbons (Fsp3) is 0. The summed E-state index contributed by atoms with van der Waals surface area (Å²) in [6, 6.07) is 38.2. The monoisotopic (exact) mass is 460 g/mol. The normalized spacial score (nSPS) is 11.9. The summed E-state index contributed by atoms with van der Waals surface area (Å²) in [4.78, 5) is -0.0457. The van der Waals surface area contributed by atoms with Crippen LogP contribution in [0.4, 0.5) is 0 Å². The van der Waals surface area contributed by atoms with E-state index >= 15 is 0 Å². The zero-order chi connectivity index (χ0) is 23.3. The van der Waals surface area contributed by atoms with Gasteiger partial charge in [-0.3, -0.25) is 4.55 Å². The molecule has 0 fully saturated rings. The van der Waals surface area contributed by atoms with Gasteiger partial charge in [-0.2, -0.15) is 8.42 Å². The maximum Gasteiger partial charge on any atom is 0.295 e. The van der Waals surface area contributed by atoms with E-state index in [1.54, 1.807) is 30.3 Å². The summed E-state index contributed by atoms with van der Waals surface area (Å²) in [5.41, 5.74) is 0. The van der Waals surface area contributed by atoms with Crippen LogP contribution in [0.15, 0.2) is 120 Å². The standard InChI is InChI=1S/C20H12.C10H8O3S/c1-5-13-6-2-11-17-18-12-4-8-14-7-3-10-16(20(14)18)15(9-1)19(13)17;11-14(12,13)10-7-3-5-8-4-1-2-6-9(8)10/h1-12H;1-7H,(H,11,12,13). The Bertz CT molecular complexity index is 1760. The quantitative estimate of drug-likeness (QED) is 0.154. The fourth-order valence-corrected chi connectivity index (χ4v) is 5.71. The molecule has 0 amide bonds. The Kier molecular flexibility index (Phi) is 4.73. The molecule has 3 nitrogen and oxygen atoms in total. The first-order valence-electron chi connectivity index (χ1n) is 11.0. The van der Waals surface area contributed by atoms with Crippen LogP contribution in [0.25, 0.3) is 53.9 Å². The second kappa shape index (κ2) is 7.80.